The smallest absolute Gasteiger partial charge is 0.0329 e. The third-order valence-electron chi connectivity index (χ3n) is 2.33. The van der Waals surface area contributed by atoms with E-state index in [4.69, 9.17) is 6.42 Å². The van der Waals surface area contributed by atoms with Gasteiger partial charge in [-0.1, -0.05) is 0 Å². The molecule has 0 aromatic carbocycles. The van der Waals surface area contributed by atoms with Crippen LogP contribution in [0.2, 0.25) is 0 Å². The zero-order chi connectivity index (χ0) is 8.27. The van der Waals surface area contributed by atoms with Crippen LogP contribution in [0.15, 0.2) is 0 Å². The lowest BCUT2D eigenvalue weighted by atomic mass is 10.1. The first-order chi connectivity index (χ1) is 5.24. The van der Waals surface area contributed by atoms with E-state index in [9.17, 15) is 0 Å². The molecule has 1 saturated heterocycles. The molecular weight excluding hydrogens is 136 g/mol. The highest BCUT2D eigenvalue weighted by molar-refractivity contribution is 4.92. The summed E-state index contributed by atoms with van der Waals surface area (Å²) in [5.41, 5.74) is 0. The third-order valence-corrected chi connectivity index (χ3v) is 2.33. The number of hydrogen-bond acceptors (Lipinski definition) is 2. The lowest BCUT2D eigenvalue weighted by Crippen LogP contribution is -2.49. The molecule has 2 heteroatoms. The van der Waals surface area contributed by atoms with E-state index in [2.05, 4.69) is 29.8 Å². The molecule has 0 aliphatic carbocycles. The maximum absolute atomic E-state index is 5.27. The molecule has 0 amide bonds. The first-order valence-electron chi connectivity index (χ1n) is 4.06. The van der Waals surface area contributed by atoms with Crippen molar-refractivity contribution in [2.75, 3.05) is 33.7 Å². The molecule has 2 nitrogen and oxygen atoms in total. The second-order valence-electron chi connectivity index (χ2n) is 3.30. The van der Waals surface area contributed by atoms with Crippen molar-refractivity contribution < 1.29 is 0 Å². The van der Waals surface area contributed by atoms with Gasteiger partial charge in [-0.25, -0.2) is 0 Å². The van der Waals surface area contributed by atoms with E-state index in [1.165, 1.54) is 0 Å². The highest BCUT2D eigenvalue weighted by Gasteiger charge is 2.20. The Kier molecular flexibility index (Phi) is 2.92. The summed E-state index contributed by atoms with van der Waals surface area (Å²) < 4.78 is 0. The van der Waals surface area contributed by atoms with Crippen molar-refractivity contribution in [1.29, 1.82) is 0 Å². The molecule has 0 aromatic heterocycles. The van der Waals surface area contributed by atoms with E-state index in [1.54, 1.807) is 0 Å². The van der Waals surface area contributed by atoms with Crippen molar-refractivity contribution >= 4 is 0 Å². The molecule has 1 heterocycles. The van der Waals surface area contributed by atoms with Crippen LogP contribution in [0.3, 0.4) is 0 Å². The summed E-state index contributed by atoms with van der Waals surface area (Å²) in [4.78, 5) is 4.68. The van der Waals surface area contributed by atoms with Crippen molar-refractivity contribution in [1.82, 2.24) is 9.80 Å². The van der Waals surface area contributed by atoms with Crippen LogP contribution >= 0.6 is 0 Å². The van der Waals surface area contributed by atoms with Crippen molar-refractivity contribution in [3.63, 3.8) is 0 Å². The molecule has 1 atom stereocenters. The quantitative estimate of drug-likeness (QED) is 0.497. The van der Waals surface area contributed by atoms with Gasteiger partial charge >= 0.3 is 0 Å². The van der Waals surface area contributed by atoms with Gasteiger partial charge in [0.25, 0.3) is 0 Å². The fourth-order valence-corrected chi connectivity index (χ4v) is 1.46. The van der Waals surface area contributed by atoms with Crippen LogP contribution in [0, 0.1) is 12.3 Å². The summed E-state index contributed by atoms with van der Waals surface area (Å²) in [7, 11) is 4.30. The molecule has 0 radical (unpaired) electrons. The van der Waals surface area contributed by atoms with Crippen molar-refractivity contribution in [2.24, 2.45) is 0 Å². The minimum Gasteiger partial charge on any atom is -0.304 e. The average Bonchev–Trinajstić information content (AvgIpc) is 1.98. The second kappa shape index (κ2) is 3.75. The van der Waals surface area contributed by atoms with Crippen LogP contribution < -0.4 is 0 Å². The van der Waals surface area contributed by atoms with Gasteiger partial charge in [-0.2, -0.15) is 0 Å². The van der Waals surface area contributed by atoms with Gasteiger partial charge in [0, 0.05) is 32.1 Å². The number of terminal acetylenes is 1. The maximum Gasteiger partial charge on any atom is 0.0329 e. The predicted octanol–water partition coefficient (Wildman–Crippen LogP) is 0.256. The van der Waals surface area contributed by atoms with E-state index in [1.807, 2.05) is 0 Å². The van der Waals surface area contributed by atoms with E-state index in [0.717, 1.165) is 26.1 Å². The molecule has 1 rings (SSSR count). The Balaban J connectivity index is 2.42. The molecule has 1 aliphatic heterocycles. The molecule has 1 aliphatic rings. The Labute approximate surface area is 69.2 Å². The van der Waals surface area contributed by atoms with Crippen molar-refractivity contribution in [3.05, 3.63) is 0 Å². The average molecular weight is 152 g/mol. The van der Waals surface area contributed by atoms with Gasteiger partial charge < -0.3 is 4.90 Å². The zero-order valence-corrected chi connectivity index (χ0v) is 7.38. The first kappa shape index (κ1) is 8.58. The molecule has 0 saturated carbocycles. The van der Waals surface area contributed by atoms with Gasteiger partial charge in [-0.15, -0.1) is 12.3 Å². The minimum atomic E-state index is 0.568. The summed E-state index contributed by atoms with van der Waals surface area (Å²) >= 11 is 0. The van der Waals surface area contributed by atoms with Gasteiger partial charge in [0.2, 0.25) is 0 Å². The Bertz CT molecular complexity index is 159. The SMILES string of the molecule is C#CC[C@@H]1CN(C)CCN1C. The largest absolute Gasteiger partial charge is 0.304 e. The van der Waals surface area contributed by atoms with E-state index >= 15 is 0 Å². The molecular formula is C9H16N2. The molecule has 0 spiro atoms. The van der Waals surface area contributed by atoms with Gasteiger partial charge in [0.15, 0.2) is 0 Å². The Morgan fingerprint density at radius 3 is 2.82 bits per heavy atom. The molecule has 62 valence electrons. The molecule has 0 N–H and O–H groups in total. The Morgan fingerprint density at radius 2 is 2.18 bits per heavy atom. The Hall–Kier alpha value is -0.520. The fraction of sp³-hybridized carbons (Fsp3) is 0.778. The highest BCUT2D eigenvalue weighted by atomic mass is 15.3. The molecule has 1 fully saturated rings. The lowest BCUT2D eigenvalue weighted by molar-refractivity contribution is 0.117. The van der Waals surface area contributed by atoms with E-state index < -0.39 is 0 Å². The first-order valence-corrected chi connectivity index (χ1v) is 4.06. The lowest BCUT2D eigenvalue weighted by Gasteiger charge is -2.36. The molecule has 11 heavy (non-hydrogen) atoms. The van der Waals surface area contributed by atoms with Gasteiger partial charge in [0.1, 0.15) is 0 Å². The minimum absolute atomic E-state index is 0.568. The predicted molar refractivity (Wildman–Crippen MR) is 47.4 cm³/mol. The monoisotopic (exact) mass is 152 g/mol. The van der Waals surface area contributed by atoms with Crippen LogP contribution in [0.4, 0.5) is 0 Å². The normalized spacial score (nSPS) is 28.3. The van der Waals surface area contributed by atoms with Crippen LogP contribution in [-0.2, 0) is 0 Å². The molecule has 0 aromatic rings. The summed E-state index contributed by atoms with van der Waals surface area (Å²) in [6.45, 7) is 3.42. The highest BCUT2D eigenvalue weighted by Crippen LogP contribution is 2.07. The number of rotatable bonds is 1. The second-order valence-corrected chi connectivity index (χ2v) is 3.30. The van der Waals surface area contributed by atoms with E-state index in [0.29, 0.717) is 6.04 Å². The van der Waals surface area contributed by atoms with Crippen LogP contribution in [0.25, 0.3) is 0 Å². The zero-order valence-electron chi connectivity index (χ0n) is 7.38. The van der Waals surface area contributed by atoms with Crippen molar-refractivity contribution in [2.45, 2.75) is 12.5 Å². The van der Waals surface area contributed by atoms with Crippen molar-refractivity contribution in [3.8, 4) is 12.3 Å². The summed E-state index contributed by atoms with van der Waals surface area (Å²) in [6.07, 6.45) is 6.15. The summed E-state index contributed by atoms with van der Waals surface area (Å²) in [6, 6.07) is 0.568. The molecule has 0 bridgehead atoms. The number of nitrogens with zero attached hydrogens (tertiary/aromatic N) is 2. The van der Waals surface area contributed by atoms with Crippen LogP contribution in [0.1, 0.15) is 6.42 Å². The van der Waals surface area contributed by atoms with E-state index in [-0.39, 0.29) is 0 Å². The van der Waals surface area contributed by atoms with Crippen LogP contribution in [-0.4, -0.2) is 49.6 Å². The third kappa shape index (κ3) is 2.21. The Morgan fingerprint density at radius 1 is 1.45 bits per heavy atom. The number of hydrogen-bond donors (Lipinski definition) is 0. The summed E-state index contributed by atoms with van der Waals surface area (Å²) in [5.74, 6) is 2.72. The van der Waals surface area contributed by atoms with Crippen LogP contribution in [0.5, 0.6) is 0 Å². The molecule has 0 unspecified atom stereocenters. The maximum atomic E-state index is 5.27. The number of piperazine rings is 1. The topological polar surface area (TPSA) is 6.48 Å². The van der Waals surface area contributed by atoms with Gasteiger partial charge in [-0.05, 0) is 14.1 Å². The number of likely N-dealkylation sites (N-methyl/N-ethyl adjacent to an activating group) is 2. The van der Waals surface area contributed by atoms with Gasteiger partial charge in [-0.3, -0.25) is 4.90 Å². The van der Waals surface area contributed by atoms with Gasteiger partial charge in [0.05, 0.1) is 0 Å². The standard InChI is InChI=1S/C9H16N2/c1-4-5-9-8-10(2)6-7-11(9)3/h1,9H,5-8H2,2-3H3/t9-/m1/s1. The summed E-state index contributed by atoms with van der Waals surface area (Å²) in [5, 5.41) is 0. The fourth-order valence-electron chi connectivity index (χ4n) is 1.46.